The lowest BCUT2D eigenvalue weighted by Gasteiger charge is -2.22. The fourth-order valence-electron chi connectivity index (χ4n) is 1.92. The summed E-state index contributed by atoms with van der Waals surface area (Å²) in [5.74, 6) is 0.964. The molecule has 1 rings (SSSR count). The molecule has 124 valence electrons. The quantitative estimate of drug-likeness (QED) is 0.441. The molecule has 7 heteroatoms. The fourth-order valence-corrected chi connectivity index (χ4v) is 2.84. The monoisotopic (exact) mass is 389 g/mol. The van der Waals surface area contributed by atoms with E-state index in [2.05, 4.69) is 38.4 Å². The van der Waals surface area contributed by atoms with Crippen molar-refractivity contribution in [2.24, 2.45) is 4.99 Å². The van der Waals surface area contributed by atoms with E-state index >= 15 is 0 Å². The van der Waals surface area contributed by atoms with Crippen LogP contribution < -0.4 is 5.32 Å². The van der Waals surface area contributed by atoms with E-state index in [9.17, 15) is 8.42 Å². The van der Waals surface area contributed by atoms with Crippen molar-refractivity contribution in [3.8, 4) is 0 Å². The number of hydrogen-bond donors (Lipinski definition) is 1. The van der Waals surface area contributed by atoms with Crippen LogP contribution in [0.3, 0.4) is 0 Å². The molecule has 1 N–H and O–H groups in total. The number of halogens is 1. The van der Waals surface area contributed by atoms with E-state index in [1.807, 2.05) is 31.0 Å². The molecule has 0 saturated carbocycles. The van der Waals surface area contributed by atoms with Crippen molar-refractivity contribution < 1.29 is 8.42 Å². The summed E-state index contributed by atoms with van der Waals surface area (Å²) in [5, 5.41) is 3.23. The van der Waals surface area contributed by atoms with Gasteiger partial charge in [-0.25, -0.2) is 8.42 Å². The minimum atomic E-state index is -2.91. The summed E-state index contributed by atoms with van der Waals surface area (Å²) in [6.07, 6.45) is 1.79. The van der Waals surface area contributed by atoms with Crippen LogP contribution in [-0.2, 0) is 16.4 Å². The highest BCUT2D eigenvalue weighted by Crippen LogP contribution is 2.11. The molecule has 0 spiro atoms. The molecule has 0 heterocycles. The summed E-state index contributed by atoms with van der Waals surface area (Å²) in [4.78, 5) is 6.52. The molecule has 0 atom stereocenters. The van der Waals surface area contributed by atoms with Crippen LogP contribution in [0.5, 0.6) is 0 Å². The Bertz CT molecular complexity index is 585. The van der Waals surface area contributed by atoms with Gasteiger partial charge in [0.1, 0.15) is 9.84 Å². The van der Waals surface area contributed by atoms with Crippen LogP contribution in [0.4, 0.5) is 0 Å². The average molecular weight is 390 g/mol. The lowest BCUT2D eigenvalue weighted by molar-refractivity contribution is 0.477. The second-order valence-corrected chi connectivity index (χ2v) is 8.38. The van der Waals surface area contributed by atoms with Gasteiger partial charge < -0.3 is 10.2 Å². The van der Waals surface area contributed by atoms with Gasteiger partial charge in [-0.1, -0.05) is 28.1 Å². The number of sulfone groups is 1. The highest BCUT2D eigenvalue weighted by molar-refractivity contribution is 9.10. The molecule has 0 aliphatic rings. The molecule has 0 bridgehead atoms. The van der Waals surface area contributed by atoms with Gasteiger partial charge in [0.25, 0.3) is 0 Å². The maximum Gasteiger partial charge on any atom is 0.193 e. The van der Waals surface area contributed by atoms with E-state index in [4.69, 9.17) is 0 Å². The Labute approximate surface area is 141 Å². The minimum absolute atomic E-state index is 0.173. The van der Waals surface area contributed by atoms with Crippen LogP contribution in [0.1, 0.15) is 18.9 Å². The number of rotatable bonds is 7. The van der Waals surface area contributed by atoms with Gasteiger partial charge in [-0.15, -0.1) is 0 Å². The Hall–Kier alpha value is -1.08. The van der Waals surface area contributed by atoms with Gasteiger partial charge in [-0.2, -0.15) is 0 Å². The minimum Gasteiger partial charge on any atom is -0.357 e. The lowest BCUT2D eigenvalue weighted by atomic mass is 10.2. The Kier molecular flexibility index (Phi) is 7.89. The molecule has 0 aliphatic heterocycles. The first-order chi connectivity index (χ1) is 10.3. The van der Waals surface area contributed by atoms with Crippen LogP contribution in [0.2, 0.25) is 0 Å². The Morgan fingerprint density at radius 3 is 2.50 bits per heavy atom. The molecule has 0 aliphatic carbocycles. The zero-order chi connectivity index (χ0) is 16.6. The Morgan fingerprint density at radius 1 is 1.32 bits per heavy atom. The highest BCUT2D eigenvalue weighted by atomic mass is 79.9. The van der Waals surface area contributed by atoms with E-state index in [-0.39, 0.29) is 5.75 Å². The van der Waals surface area contributed by atoms with Crippen LogP contribution in [0, 0.1) is 0 Å². The predicted octanol–water partition coefficient (Wildman–Crippen LogP) is 2.28. The third-order valence-corrected chi connectivity index (χ3v) is 4.52. The summed E-state index contributed by atoms with van der Waals surface area (Å²) in [6, 6.07) is 8.15. The van der Waals surface area contributed by atoms with Gasteiger partial charge in [0.15, 0.2) is 5.96 Å². The SMILES string of the molecule is CCNC(=NCCCS(C)(=O)=O)N(C)Cc1ccc(Br)cc1. The largest absolute Gasteiger partial charge is 0.357 e. The first-order valence-corrected chi connectivity index (χ1v) is 10.1. The Morgan fingerprint density at radius 2 is 1.95 bits per heavy atom. The zero-order valence-electron chi connectivity index (χ0n) is 13.3. The van der Waals surface area contributed by atoms with Gasteiger partial charge >= 0.3 is 0 Å². The molecular formula is C15H24BrN3O2S. The second kappa shape index (κ2) is 9.15. The lowest BCUT2D eigenvalue weighted by Crippen LogP contribution is -2.38. The summed E-state index contributed by atoms with van der Waals surface area (Å²) < 4.78 is 23.3. The van der Waals surface area contributed by atoms with E-state index in [1.165, 1.54) is 11.8 Å². The van der Waals surface area contributed by atoms with E-state index < -0.39 is 9.84 Å². The topological polar surface area (TPSA) is 61.8 Å². The number of aliphatic imine (C=N–C) groups is 1. The average Bonchev–Trinajstić information content (AvgIpc) is 2.43. The normalized spacial score (nSPS) is 12.3. The summed E-state index contributed by atoms with van der Waals surface area (Å²) in [7, 11) is -0.943. The van der Waals surface area contributed by atoms with E-state index in [0.717, 1.165) is 23.5 Å². The molecule has 5 nitrogen and oxygen atoms in total. The molecule has 22 heavy (non-hydrogen) atoms. The summed E-state index contributed by atoms with van der Waals surface area (Å²) in [6.45, 7) is 4.03. The van der Waals surface area contributed by atoms with Crippen molar-refractivity contribution >= 4 is 31.7 Å². The molecule has 0 amide bonds. The molecule has 1 aromatic rings. The predicted molar refractivity (Wildman–Crippen MR) is 95.9 cm³/mol. The highest BCUT2D eigenvalue weighted by Gasteiger charge is 2.07. The first-order valence-electron chi connectivity index (χ1n) is 7.23. The number of benzene rings is 1. The van der Waals surface area contributed by atoms with Crippen molar-refractivity contribution in [1.29, 1.82) is 0 Å². The molecule has 0 fully saturated rings. The number of nitrogens with one attached hydrogen (secondary N) is 1. The smallest absolute Gasteiger partial charge is 0.193 e. The standard InChI is InChI=1S/C15H24BrN3O2S/c1-4-17-15(18-10-5-11-22(3,20)21)19(2)12-13-6-8-14(16)9-7-13/h6-9H,4-5,10-12H2,1-3H3,(H,17,18). The van der Waals surface area contributed by atoms with E-state index in [1.54, 1.807) is 0 Å². The first kappa shape index (κ1) is 19.0. The van der Waals surface area contributed by atoms with Gasteiger partial charge in [0.05, 0.1) is 5.75 Å². The molecule has 0 radical (unpaired) electrons. The van der Waals surface area contributed by atoms with Crippen molar-refractivity contribution in [2.45, 2.75) is 19.9 Å². The van der Waals surface area contributed by atoms with Gasteiger partial charge in [0.2, 0.25) is 0 Å². The second-order valence-electron chi connectivity index (χ2n) is 5.20. The number of hydrogen-bond acceptors (Lipinski definition) is 3. The zero-order valence-corrected chi connectivity index (χ0v) is 15.7. The van der Waals surface area contributed by atoms with Crippen LogP contribution in [-0.4, -0.2) is 51.4 Å². The molecule has 0 aromatic heterocycles. The molecular weight excluding hydrogens is 366 g/mol. The van der Waals surface area contributed by atoms with Crippen LogP contribution in [0.15, 0.2) is 33.7 Å². The fraction of sp³-hybridized carbons (Fsp3) is 0.533. The molecule has 0 unspecified atom stereocenters. The summed E-state index contributed by atoms with van der Waals surface area (Å²) >= 11 is 3.42. The van der Waals surface area contributed by atoms with Crippen molar-refractivity contribution in [1.82, 2.24) is 10.2 Å². The molecule has 0 saturated heterocycles. The van der Waals surface area contributed by atoms with Gasteiger partial charge in [0, 0.05) is 37.4 Å². The maximum absolute atomic E-state index is 11.1. The van der Waals surface area contributed by atoms with Crippen molar-refractivity contribution in [3.05, 3.63) is 34.3 Å². The van der Waals surface area contributed by atoms with Gasteiger partial charge in [-0.3, -0.25) is 4.99 Å². The van der Waals surface area contributed by atoms with Crippen molar-refractivity contribution in [3.63, 3.8) is 0 Å². The number of guanidine groups is 1. The summed E-state index contributed by atoms with van der Waals surface area (Å²) in [5.41, 5.74) is 1.19. The van der Waals surface area contributed by atoms with Crippen LogP contribution in [0.25, 0.3) is 0 Å². The number of nitrogens with zero attached hydrogens (tertiary/aromatic N) is 2. The van der Waals surface area contributed by atoms with Gasteiger partial charge in [-0.05, 0) is 31.0 Å². The third kappa shape index (κ3) is 7.79. The van der Waals surface area contributed by atoms with E-state index in [0.29, 0.717) is 13.0 Å². The maximum atomic E-state index is 11.1. The van der Waals surface area contributed by atoms with Crippen LogP contribution >= 0.6 is 15.9 Å². The molecule has 1 aromatic carbocycles. The Balaban J connectivity index is 2.61. The van der Waals surface area contributed by atoms with Crippen molar-refractivity contribution in [2.75, 3.05) is 32.1 Å². The third-order valence-electron chi connectivity index (χ3n) is 2.96.